The summed E-state index contributed by atoms with van der Waals surface area (Å²) in [6, 6.07) is 0. The fraction of sp³-hybridized carbons (Fsp3) is 1.00. The molecular formula is C5H11N3O4. The maximum Gasteiger partial charge on any atom is 0.222 e. The van der Waals surface area contributed by atoms with Gasteiger partial charge < -0.3 is 0 Å². The summed E-state index contributed by atoms with van der Waals surface area (Å²) in [4.78, 5) is 20.0. The van der Waals surface area contributed by atoms with Crippen LogP contribution in [0.25, 0.3) is 0 Å². The SMILES string of the molecule is CCCCCN([N+](=O)[O-])[N+](=O)[O-]. The molecule has 0 saturated carbocycles. The summed E-state index contributed by atoms with van der Waals surface area (Å²) in [6.07, 6.45) is 2.11. The molecule has 7 heteroatoms. The molecule has 0 spiro atoms. The van der Waals surface area contributed by atoms with Crippen LogP contribution in [-0.4, -0.2) is 21.7 Å². The third-order valence-electron chi connectivity index (χ3n) is 1.34. The normalized spacial score (nSPS) is 9.42. The van der Waals surface area contributed by atoms with Crippen molar-refractivity contribution in [3.05, 3.63) is 20.2 Å². The lowest BCUT2D eigenvalue weighted by Gasteiger charge is -2.01. The number of hydrogen-bond acceptors (Lipinski definition) is 4. The summed E-state index contributed by atoms with van der Waals surface area (Å²) in [5, 5.41) is 18.1. The highest BCUT2D eigenvalue weighted by Crippen LogP contribution is 1.98. The first kappa shape index (κ1) is 10.6. The van der Waals surface area contributed by atoms with Gasteiger partial charge in [-0.3, -0.25) is 0 Å². The van der Waals surface area contributed by atoms with Gasteiger partial charge in [-0.25, -0.2) is 20.2 Å². The lowest BCUT2D eigenvalue weighted by molar-refractivity contribution is -0.907. The molecule has 0 saturated heterocycles. The largest absolute Gasteiger partial charge is 0.230 e. The van der Waals surface area contributed by atoms with Crippen LogP contribution in [0, 0.1) is 20.2 Å². The van der Waals surface area contributed by atoms with E-state index >= 15 is 0 Å². The van der Waals surface area contributed by atoms with E-state index in [4.69, 9.17) is 0 Å². The smallest absolute Gasteiger partial charge is 0.222 e. The van der Waals surface area contributed by atoms with E-state index in [-0.39, 0.29) is 11.7 Å². The number of hydrazine groups is 2. The van der Waals surface area contributed by atoms with Gasteiger partial charge in [-0.05, 0) is 6.42 Å². The fourth-order valence-corrected chi connectivity index (χ4v) is 0.726. The molecule has 0 aromatic rings. The van der Waals surface area contributed by atoms with E-state index in [1.54, 1.807) is 0 Å². The van der Waals surface area contributed by atoms with E-state index in [0.29, 0.717) is 6.42 Å². The molecule has 0 fully saturated rings. The van der Waals surface area contributed by atoms with Crippen LogP contribution in [0.2, 0.25) is 0 Å². The molecule has 12 heavy (non-hydrogen) atoms. The molecule has 70 valence electrons. The van der Waals surface area contributed by atoms with E-state index in [0.717, 1.165) is 12.8 Å². The van der Waals surface area contributed by atoms with Gasteiger partial charge in [0.05, 0.1) is 0 Å². The van der Waals surface area contributed by atoms with Crippen LogP contribution in [0.3, 0.4) is 0 Å². The molecule has 0 atom stereocenters. The lowest BCUT2D eigenvalue weighted by atomic mass is 10.2. The van der Waals surface area contributed by atoms with Gasteiger partial charge in [-0.15, -0.1) is 0 Å². The minimum absolute atomic E-state index is 0.00958. The second-order valence-electron chi connectivity index (χ2n) is 2.28. The Kier molecular flexibility index (Phi) is 4.66. The van der Waals surface area contributed by atoms with Crippen LogP contribution in [-0.2, 0) is 0 Å². The quantitative estimate of drug-likeness (QED) is 0.341. The molecule has 0 radical (unpaired) electrons. The van der Waals surface area contributed by atoms with Crippen molar-refractivity contribution < 1.29 is 10.1 Å². The van der Waals surface area contributed by atoms with E-state index in [9.17, 15) is 20.2 Å². The average Bonchev–Trinajstić information content (AvgIpc) is 1.96. The Balaban J connectivity index is 3.80. The lowest BCUT2D eigenvalue weighted by Crippen LogP contribution is -2.36. The van der Waals surface area contributed by atoms with Crippen molar-refractivity contribution in [3.63, 3.8) is 0 Å². The highest BCUT2D eigenvalue weighted by atomic mass is 16.8. The number of unbranched alkanes of at least 4 members (excludes halogenated alkanes) is 2. The number of hydrogen-bond donors (Lipinski definition) is 0. The summed E-state index contributed by atoms with van der Waals surface area (Å²) in [6.45, 7) is 1.79. The first-order valence-electron chi connectivity index (χ1n) is 3.65. The van der Waals surface area contributed by atoms with Crippen LogP contribution in [0.5, 0.6) is 0 Å². The van der Waals surface area contributed by atoms with Gasteiger partial charge in [-0.2, -0.15) is 0 Å². The van der Waals surface area contributed by atoms with Crippen molar-refractivity contribution in [3.8, 4) is 0 Å². The molecule has 0 aromatic heterocycles. The zero-order valence-electron chi connectivity index (χ0n) is 6.80. The molecular weight excluding hydrogens is 166 g/mol. The predicted molar refractivity (Wildman–Crippen MR) is 40.2 cm³/mol. The molecule has 0 N–H and O–H groups in total. The Bertz CT molecular complexity index is 158. The molecule has 7 nitrogen and oxygen atoms in total. The van der Waals surface area contributed by atoms with Gasteiger partial charge in [-0.1, -0.05) is 19.8 Å². The fourth-order valence-electron chi connectivity index (χ4n) is 0.726. The third-order valence-corrected chi connectivity index (χ3v) is 1.34. The molecule has 0 aliphatic heterocycles. The van der Waals surface area contributed by atoms with Gasteiger partial charge in [0, 0.05) is 0 Å². The van der Waals surface area contributed by atoms with Crippen molar-refractivity contribution in [1.82, 2.24) is 5.12 Å². The highest BCUT2D eigenvalue weighted by molar-refractivity contribution is 4.37. The Morgan fingerprint density at radius 3 is 2.00 bits per heavy atom. The van der Waals surface area contributed by atoms with Crippen LogP contribution < -0.4 is 0 Å². The Labute approximate surface area is 69.2 Å². The van der Waals surface area contributed by atoms with Gasteiger partial charge in [0.25, 0.3) is 0 Å². The molecule has 0 aliphatic carbocycles. The van der Waals surface area contributed by atoms with Crippen molar-refractivity contribution in [2.24, 2.45) is 0 Å². The van der Waals surface area contributed by atoms with Gasteiger partial charge in [0.2, 0.25) is 10.1 Å². The van der Waals surface area contributed by atoms with Crippen LogP contribution in [0.1, 0.15) is 26.2 Å². The van der Waals surface area contributed by atoms with Gasteiger partial charge in [0.1, 0.15) is 6.54 Å². The second-order valence-corrected chi connectivity index (χ2v) is 2.28. The second kappa shape index (κ2) is 5.28. The monoisotopic (exact) mass is 177 g/mol. The maximum absolute atomic E-state index is 10.0. The zero-order valence-corrected chi connectivity index (χ0v) is 6.80. The Morgan fingerprint density at radius 2 is 1.67 bits per heavy atom. The van der Waals surface area contributed by atoms with Crippen LogP contribution in [0.15, 0.2) is 0 Å². The van der Waals surface area contributed by atoms with E-state index in [2.05, 4.69) is 0 Å². The maximum atomic E-state index is 10.0. The number of nitrogens with zero attached hydrogens (tertiary/aromatic N) is 3. The van der Waals surface area contributed by atoms with Gasteiger partial charge in [0.15, 0.2) is 5.12 Å². The zero-order chi connectivity index (χ0) is 9.56. The Hall–Kier alpha value is -1.40. The Morgan fingerprint density at radius 1 is 1.17 bits per heavy atom. The standard InChI is InChI=1S/C5H11N3O4/c1-2-3-4-5-6(7(9)10)8(11)12/h2-5H2,1H3. The summed E-state index contributed by atoms with van der Waals surface area (Å²) < 4.78 is 0. The number of rotatable bonds is 6. The van der Waals surface area contributed by atoms with Crippen molar-refractivity contribution in [2.75, 3.05) is 6.54 Å². The summed E-state index contributed by atoms with van der Waals surface area (Å²) in [5.74, 6) is 0. The average molecular weight is 177 g/mol. The first-order chi connectivity index (χ1) is 5.59. The van der Waals surface area contributed by atoms with E-state index in [1.165, 1.54) is 0 Å². The first-order valence-corrected chi connectivity index (χ1v) is 3.65. The molecule has 0 aliphatic rings. The van der Waals surface area contributed by atoms with E-state index < -0.39 is 10.1 Å². The minimum atomic E-state index is -1.00. The molecule has 0 rings (SSSR count). The molecule has 0 unspecified atom stereocenters. The highest BCUT2D eigenvalue weighted by Gasteiger charge is 2.25. The number of nitro groups is 2. The molecule has 0 aromatic carbocycles. The molecule has 0 bridgehead atoms. The summed E-state index contributed by atoms with van der Waals surface area (Å²) in [5.41, 5.74) is 0. The van der Waals surface area contributed by atoms with Crippen molar-refractivity contribution in [1.29, 1.82) is 0 Å². The van der Waals surface area contributed by atoms with Crippen LogP contribution >= 0.6 is 0 Å². The van der Waals surface area contributed by atoms with Gasteiger partial charge >= 0.3 is 0 Å². The predicted octanol–water partition coefficient (Wildman–Crippen LogP) is 0.862. The van der Waals surface area contributed by atoms with Crippen LogP contribution in [0.4, 0.5) is 0 Å². The van der Waals surface area contributed by atoms with Crippen molar-refractivity contribution in [2.45, 2.75) is 26.2 Å². The third kappa shape index (κ3) is 3.69. The minimum Gasteiger partial charge on any atom is -0.230 e. The molecule has 0 amide bonds. The summed E-state index contributed by atoms with van der Waals surface area (Å²) >= 11 is 0. The summed E-state index contributed by atoms with van der Waals surface area (Å²) in [7, 11) is 0. The topological polar surface area (TPSA) is 89.5 Å². The van der Waals surface area contributed by atoms with E-state index in [1.807, 2.05) is 6.92 Å². The van der Waals surface area contributed by atoms with Crippen molar-refractivity contribution >= 4 is 0 Å². The molecule has 0 heterocycles.